The maximum Gasteiger partial charge on any atom is 0.342 e. The molecule has 0 bridgehead atoms. The molecule has 3 aromatic rings. The van der Waals surface area contributed by atoms with Gasteiger partial charge < -0.3 is 25.0 Å². The molecule has 14 heteroatoms. The van der Waals surface area contributed by atoms with E-state index in [2.05, 4.69) is 15.5 Å². The fourth-order valence-electron chi connectivity index (χ4n) is 3.02. The second-order valence-electron chi connectivity index (χ2n) is 6.81. The number of ether oxygens (including phenoxy) is 1. The number of thioether (sulfide) groups is 1. The average molecular weight is 490 g/mol. The highest BCUT2D eigenvalue weighted by atomic mass is 32.2. The Bertz CT molecular complexity index is 1210. The van der Waals surface area contributed by atoms with Crippen LogP contribution in [-0.2, 0) is 20.9 Å². The normalized spacial score (nSPS) is 10.8. The summed E-state index contributed by atoms with van der Waals surface area (Å²) in [5, 5.41) is 10.9. The van der Waals surface area contributed by atoms with E-state index in [4.69, 9.17) is 25.0 Å². The van der Waals surface area contributed by atoms with E-state index in [0.717, 1.165) is 11.8 Å². The zero-order valence-electron chi connectivity index (χ0n) is 18.3. The van der Waals surface area contributed by atoms with Gasteiger partial charge in [-0.3, -0.25) is 24.3 Å². The lowest BCUT2D eigenvalue weighted by Crippen LogP contribution is -2.21. The zero-order chi connectivity index (χ0) is 24.8. The third-order valence-corrected chi connectivity index (χ3v) is 5.40. The number of nitrogens with zero attached hydrogens (tertiary/aromatic N) is 3. The maximum atomic E-state index is 12.6. The molecule has 180 valence electrons. The predicted molar refractivity (Wildman–Crippen MR) is 119 cm³/mol. The summed E-state index contributed by atoms with van der Waals surface area (Å²) in [6.07, 6.45) is 1.49. The van der Waals surface area contributed by atoms with Crippen LogP contribution < -0.4 is 16.8 Å². The molecule has 0 saturated carbocycles. The van der Waals surface area contributed by atoms with Crippen LogP contribution in [0.2, 0.25) is 0 Å². The van der Waals surface area contributed by atoms with Crippen molar-refractivity contribution in [2.24, 2.45) is 11.5 Å². The van der Waals surface area contributed by atoms with Crippen LogP contribution in [0.25, 0.3) is 11.6 Å². The lowest BCUT2D eigenvalue weighted by atomic mass is 10.1. The summed E-state index contributed by atoms with van der Waals surface area (Å²) < 4.78 is 17.3. The van der Waals surface area contributed by atoms with Crippen molar-refractivity contribution < 1.29 is 32.7 Å². The van der Waals surface area contributed by atoms with E-state index >= 15 is 0 Å². The van der Waals surface area contributed by atoms with Crippen molar-refractivity contribution in [3.63, 3.8) is 0 Å². The van der Waals surface area contributed by atoms with Crippen LogP contribution in [0.3, 0.4) is 0 Å². The number of amides is 3. The highest BCUT2D eigenvalue weighted by Crippen LogP contribution is 2.29. The molecular formula is C20H22N6O7S. The van der Waals surface area contributed by atoms with Gasteiger partial charge in [-0.05, 0) is 26.0 Å². The summed E-state index contributed by atoms with van der Waals surface area (Å²) in [6.45, 7) is 3.31. The SMILES string of the molecule is CCOC(=O)c1c(C)oc(NC(=O)CSc2nnc(-c3ccco3)n2CCC(N)=O)c1C(N)=O. The van der Waals surface area contributed by atoms with Crippen LogP contribution in [0.15, 0.2) is 32.4 Å². The first-order chi connectivity index (χ1) is 16.2. The van der Waals surface area contributed by atoms with Gasteiger partial charge in [0.15, 0.2) is 16.7 Å². The summed E-state index contributed by atoms with van der Waals surface area (Å²) in [4.78, 5) is 48.0. The van der Waals surface area contributed by atoms with Crippen molar-refractivity contribution in [3.8, 4) is 11.6 Å². The van der Waals surface area contributed by atoms with Gasteiger partial charge in [-0.25, -0.2) is 4.79 Å². The number of aryl methyl sites for hydroxylation is 1. The number of hydrogen-bond acceptors (Lipinski definition) is 10. The van der Waals surface area contributed by atoms with Gasteiger partial charge in [0.1, 0.15) is 16.9 Å². The largest absolute Gasteiger partial charge is 0.462 e. The van der Waals surface area contributed by atoms with Gasteiger partial charge in [0.05, 0.1) is 18.6 Å². The number of hydrogen-bond donors (Lipinski definition) is 3. The molecule has 0 aliphatic carbocycles. The molecule has 13 nitrogen and oxygen atoms in total. The van der Waals surface area contributed by atoms with Crippen molar-refractivity contribution in [1.29, 1.82) is 0 Å². The van der Waals surface area contributed by atoms with Gasteiger partial charge in [-0.1, -0.05) is 11.8 Å². The van der Waals surface area contributed by atoms with Crippen molar-refractivity contribution in [1.82, 2.24) is 14.8 Å². The Hall–Kier alpha value is -4.07. The van der Waals surface area contributed by atoms with Gasteiger partial charge in [0.2, 0.25) is 17.7 Å². The van der Waals surface area contributed by atoms with Gasteiger partial charge in [-0.15, -0.1) is 10.2 Å². The summed E-state index contributed by atoms with van der Waals surface area (Å²) in [5.41, 5.74) is 10.2. The first kappa shape index (κ1) is 24.6. The second-order valence-corrected chi connectivity index (χ2v) is 7.75. The minimum atomic E-state index is -0.961. The Morgan fingerprint density at radius 2 is 1.97 bits per heavy atom. The van der Waals surface area contributed by atoms with Gasteiger partial charge >= 0.3 is 5.97 Å². The van der Waals surface area contributed by atoms with Crippen LogP contribution in [-0.4, -0.2) is 50.8 Å². The van der Waals surface area contributed by atoms with Crippen LogP contribution in [0.5, 0.6) is 0 Å². The molecule has 0 spiro atoms. The first-order valence-electron chi connectivity index (χ1n) is 10.0. The maximum absolute atomic E-state index is 12.6. The van der Waals surface area contributed by atoms with Crippen molar-refractivity contribution in [2.75, 3.05) is 17.7 Å². The number of carbonyl (C=O) groups is 4. The van der Waals surface area contributed by atoms with E-state index in [1.165, 1.54) is 13.2 Å². The number of aromatic nitrogens is 3. The number of carbonyl (C=O) groups excluding carboxylic acids is 4. The molecule has 0 radical (unpaired) electrons. The molecule has 0 aliphatic rings. The number of nitrogens with two attached hydrogens (primary N) is 2. The number of nitrogens with one attached hydrogen (secondary N) is 1. The Morgan fingerprint density at radius 1 is 1.21 bits per heavy atom. The third kappa shape index (κ3) is 5.46. The van der Waals surface area contributed by atoms with Crippen LogP contribution in [0.4, 0.5) is 5.88 Å². The molecule has 0 fully saturated rings. The fourth-order valence-corrected chi connectivity index (χ4v) is 3.78. The number of rotatable bonds is 11. The minimum Gasteiger partial charge on any atom is -0.462 e. The Morgan fingerprint density at radius 3 is 2.59 bits per heavy atom. The van der Waals surface area contributed by atoms with E-state index in [9.17, 15) is 19.2 Å². The van der Waals surface area contributed by atoms with E-state index < -0.39 is 23.7 Å². The average Bonchev–Trinajstić information content (AvgIpc) is 3.49. The Kier molecular flexibility index (Phi) is 7.73. The van der Waals surface area contributed by atoms with Crippen molar-refractivity contribution >= 4 is 41.3 Å². The molecule has 34 heavy (non-hydrogen) atoms. The fraction of sp³-hybridized carbons (Fsp3) is 0.300. The van der Waals surface area contributed by atoms with E-state index in [-0.39, 0.29) is 48.1 Å². The van der Waals surface area contributed by atoms with E-state index in [1.807, 2.05) is 0 Å². The smallest absolute Gasteiger partial charge is 0.342 e. The summed E-state index contributed by atoms with van der Waals surface area (Å²) >= 11 is 1.02. The molecule has 0 unspecified atom stereocenters. The highest BCUT2D eigenvalue weighted by Gasteiger charge is 2.29. The zero-order valence-corrected chi connectivity index (χ0v) is 19.1. The molecule has 3 amide bonds. The summed E-state index contributed by atoms with van der Waals surface area (Å²) in [7, 11) is 0. The van der Waals surface area contributed by atoms with E-state index in [0.29, 0.717) is 16.7 Å². The summed E-state index contributed by atoms with van der Waals surface area (Å²) in [5.74, 6) is -2.40. The second kappa shape index (κ2) is 10.7. The monoisotopic (exact) mass is 490 g/mol. The molecular weight excluding hydrogens is 468 g/mol. The van der Waals surface area contributed by atoms with Crippen molar-refractivity contribution in [2.45, 2.75) is 32.0 Å². The standard InChI is InChI=1S/C20H22N6O7S/c1-3-31-19(30)14-10(2)33-18(15(14)16(22)29)23-13(28)9-34-20-25-24-17(11-5-4-8-32-11)26(20)7-6-12(21)27/h4-5,8H,3,6-7,9H2,1-2H3,(H2,21,27)(H2,22,29)(H,23,28). The number of anilines is 1. The lowest BCUT2D eigenvalue weighted by molar-refractivity contribution is -0.118. The molecule has 5 N–H and O–H groups in total. The molecule has 3 aromatic heterocycles. The molecule has 0 atom stereocenters. The van der Waals surface area contributed by atoms with Crippen molar-refractivity contribution in [3.05, 3.63) is 35.3 Å². The number of furan rings is 2. The van der Waals surface area contributed by atoms with Crippen LogP contribution in [0, 0.1) is 6.92 Å². The predicted octanol–water partition coefficient (Wildman–Crippen LogP) is 1.32. The van der Waals surface area contributed by atoms with Crippen LogP contribution >= 0.6 is 11.8 Å². The minimum absolute atomic E-state index is 0.0236. The van der Waals surface area contributed by atoms with Crippen LogP contribution in [0.1, 0.15) is 39.8 Å². The first-order valence-corrected chi connectivity index (χ1v) is 11.0. The lowest BCUT2D eigenvalue weighted by Gasteiger charge is -2.08. The molecule has 0 aromatic carbocycles. The third-order valence-electron chi connectivity index (χ3n) is 4.44. The number of primary amides is 2. The Labute approximate surface area is 197 Å². The molecule has 3 rings (SSSR count). The highest BCUT2D eigenvalue weighted by molar-refractivity contribution is 7.99. The van der Waals surface area contributed by atoms with E-state index in [1.54, 1.807) is 23.6 Å². The number of esters is 1. The van der Waals surface area contributed by atoms with Gasteiger partial charge in [0.25, 0.3) is 5.91 Å². The molecule has 3 heterocycles. The topological polar surface area (TPSA) is 199 Å². The van der Waals surface area contributed by atoms with Gasteiger partial charge in [0, 0.05) is 13.0 Å². The molecule has 0 aliphatic heterocycles. The van der Waals surface area contributed by atoms with Gasteiger partial charge in [-0.2, -0.15) is 0 Å². The quantitative estimate of drug-likeness (QED) is 0.260. The molecule has 0 saturated heterocycles. The Balaban J connectivity index is 1.77. The summed E-state index contributed by atoms with van der Waals surface area (Å²) in [6, 6.07) is 3.35.